The first-order valence-corrected chi connectivity index (χ1v) is 10.7. The summed E-state index contributed by atoms with van der Waals surface area (Å²) in [6.45, 7) is 9.25. The quantitative estimate of drug-likeness (QED) is 0.769. The molecule has 7 nitrogen and oxygen atoms in total. The van der Waals surface area contributed by atoms with Crippen LogP contribution in [0.4, 0.5) is 0 Å². The Balaban J connectivity index is 1.51. The van der Waals surface area contributed by atoms with Crippen molar-refractivity contribution in [3.8, 4) is 0 Å². The van der Waals surface area contributed by atoms with Crippen LogP contribution in [0.1, 0.15) is 49.6 Å². The lowest BCUT2D eigenvalue weighted by Gasteiger charge is -2.34. The summed E-state index contributed by atoms with van der Waals surface area (Å²) in [5.74, 6) is 0.614. The molecule has 3 unspecified atom stereocenters. The van der Waals surface area contributed by atoms with Crippen molar-refractivity contribution in [3.05, 3.63) is 17.0 Å². The fourth-order valence-corrected chi connectivity index (χ4v) is 4.53. The monoisotopic (exact) mass is 389 g/mol. The molecule has 2 saturated heterocycles. The minimum absolute atomic E-state index is 0.0349. The number of likely N-dealkylation sites (tertiary alicyclic amines) is 1. The predicted molar refractivity (Wildman–Crippen MR) is 109 cm³/mol. The standard InChI is InChI=1S/C21H35N5O2/c1-14(11-18-15(2)24-25(4)16(18)3)21(28)26-10-6-7-17(13-26)12-23-20(27)19-8-5-9-22-19/h14,17,19,22H,5-13H2,1-4H3,(H,23,27). The van der Waals surface area contributed by atoms with E-state index in [4.69, 9.17) is 0 Å². The Labute approximate surface area is 168 Å². The van der Waals surface area contributed by atoms with Gasteiger partial charge in [-0.25, -0.2) is 0 Å². The maximum Gasteiger partial charge on any atom is 0.237 e. The normalized spacial score (nSPS) is 23.6. The number of hydrogen-bond acceptors (Lipinski definition) is 4. The van der Waals surface area contributed by atoms with E-state index in [0.29, 0.717) is 12.5 Å². The molecule has 156 valence electrons. The zero-order valence-corrected chi connectivity index (χ0v) is 17.8. The summed E-state index contributed by atoms with van der Waals surface area (Å²) < 4.78 is 1.89. The Morgan fingerprint density at radius 3 is 2.71 bits per heavy atom. The summed E-state index contributed by atoms with van der Waals surface area (Å²) in [6, 6.07) is -0.0349. The second-order valence-corrected chi connectivity index (χ2v) is 8.56. The van der Waals surface area contributed by atoms with Crippen molar-refractivity contribution in [1.82, 2.24) is 25.3 Å². The number of aromatic nitrogens is 2. The van der Waals surface area contributed by atoms with E-state index in [-0.39, 0.29) is 23.8 Å². The summed E-state index contributed by atoms with van der Waals surface area (Å²) in [7, 11) is 1.95. The first-order chi connectivity index (χ1) is 13.4. The van der Waals surface area contributed by atoms with Gasteiger partial charge in [-0.05, 0) is 64.0 Å². The highest BCUT2D eigenvalue weighted by molar-refractivity contribution is 5.82. The van der Waals surface area contributed by atoms with Crippen LogP contribution in [0.3, 0.4) is 0 Å². The zero-order chi connectivity index (χ0) is 20.3. The van der Waals surface area contributed by atoms with Crippen LogP contribution in [0.2, 0.25) is 0 Å². The fraction of sp³-hybridized carbons (Fsp3) is 0.762. The van der Waals surface area contributed by atoms with Crippen LogP contribution in [-0.2, 0) is 23.1 Å². The van der Waals surface area contributed by atoms with Gasteiger partial charge in [-0.1, -0.05) is 6.92 Å². The van der Waals surface area contributed by atoms with E-state index in [1.54, 1.807) is 0 Å². The van der Waals surface area contributed by atoms with Crippen molar-refractivity contribution >= 4 is 11.8 Å². The summed E-state index contributed by atoms with van der Waals surface area (Å²) in [5.41, 5.74) is 3.34. The molecular formula is C21H35N5O2. The highest BCUT2D eigenvalue weighted by Gasteiger charge is 2.29. The maximum atomic E-state index is 13.0. The van der Waals surface area contributed by atoms with Gasteiger partial charge >= 0.3 is 0 Å². The number of rotatable bonds is 6. The van der Waals surface area contributed by atoms with Gasteiger partial charge in [-0.2, -0.15) is 5.10 Å². The number of amides is 2. The highest BCUT2D eigenvalue weighted by Crippen LogP contribution is 2.22. The summed E-state index contributed by atoms with van der Waals surface area (Å²) in [4.78, 5) is 27.2. The van der Waals surface area contributed by atoms with Crippen molar-refractivity contribution in [3.63, 3.8) is 0 Å². The average Bonchev–Trinajstić information content (AvgIpc) is 3.30. The van der Waals surface area contributed by atoms with Crippen LogP contribution in [0.25, 0.3) is 0 Å². The Morgan fingerprint density at radius 2 is 2.07 bits per heavy atom. The zero-order valence-electron chi connectivity index (χ0n) is 17.8. The van der Waals surface area contributed by atoms with Crippen LogP contribution in [0.5, 0.6) is 0 Å². The van der Waals surface area contributed by atoms with Crippen LogP contribution in [0.15, 0.2) is 0 Å². The molecule has 2 fully saturated rings. The van der Waals surface area contributed by atoms with E-state index >= 15 is 0 Å². The van der Waals surface area contributed by atoms with Gasteiger partial charge in [0.15, 0.2) is 0 Å². The first kappa shape index (κ1) is 20.8. The predicted octanol–water partition coefficient (Wildman–Crippen LogP) is 1.32. The van der Waals surface area contributed by atoms with E-state index in [0.717, 1.165) is 63.1 Å². The molecule has 28 heavy (non-hydrogen) atoms. The van der Waals surface area contributed by atoms with Crippen LogP contribution >= 0.6 is 0 Å². The molecule has 0 aliphatic carbocycles. The molecule has 0 saturated carbocycles. The summed E-state index contributed by atoms with van der Waals surface area (Å²) in [5, 5.41) is 10.8. The van der Waals surface area contributed by atoms with E-state index in [1.807, 2.05) is 30.5 Å². The van der Waals surface area contributed by atoms with Gasteiger partial charge in [0.2, 0.25) is 11.8 Å². The van der Waals surface area contributed by atoms with Crippen molar-refractivity contribution in [1.29, 1.82) is 0 Å². The Bertz CT molecular complexity index is 708. The minimum atomic E-state index is -0.0578. The minimum Gasteiger partial charge on any atom is -0.354 e. The van der Waals surface area contributed by atoms with Crippen LogP contribution < -0.4 is 10.6 Å². The van der Waals surface area contributed by atoms with Crippen molar-refractivity contribution in [2.24, 2.45) is 18.9 Å². The lowest BCUT2D eigenvalue weighted by atomic mass is 9.94. The SMILES string of the molecule is Cc1nn(C)c(C)c1CC(C)C(=O)N1CCCC(CNC(=O)C2CCCN2)C1. The molecule has 0 radical (unpaired) electrons. The van der Waals surface area contributed by atoms with Gasteiger partial charge in [-0.3, -0.25) is 14.3 Å². The number of aryl methyl sites for hydroxylation is 2. The number of nitrogens with zero attached hydrogens (tertiary/aromatic N) is 3. The van der Waals surface area contributed by atoms with Crippen LogP contribution in [0, 0.1) is 25.7 Å². The van der Waals surface area contributed by atoms with Gasteiger partial charge in [-0.15, -0.1) is 0 Å². The molecule has 2 aliphatic rings. The van der Waals surface area contributed by atoms with Gasteiger partial charge in [0.05, 0.1) is 11.7 Å². The van der Waals surface area contributed by atoms with E-state index in [9.17, 15) is 9.59 Å². The molecular weight excluding hydrogens is 354 g/mol. The molecule has 3 heterocycles. The summed E-state index contributed by atoms with van der Waals surface area (Å²) >= 11 is 0. The maximum absolute atomic E-state index is 13.0. The molecule has 0 bridgehead atoms. The smallest absolute Gasteiger partial charge is 0.237 e. The van der Waals surface area contributed by atoms with Gasteiger partial charge < -0.3 is 15.5 Å². The second kappa shape index (κ2) is 9.07. The van der Waals surface area contributed by atoms with E-state index < -0.39 is 0 Å². The Morgan fingerprint density at radius 1 is 1.29 bits per heavy atom. The van der Waals surface area contributed by atoms with Crippen molar-refractivity contribution in [2.45, 2.75) is 58.9 Å². The first-order valence-electron chi connectivity index (χ1n) is 10.7. The summed E-state index contributed by atoms with van der Waals surface area (Å²) in [6.07, 6.45) is 4.79. The topological polar surface area (TPSA) is 79.3 Å². The van der Waals surface area contributed by atoms with E-state index in [2.05, 4.69) is 22.7 Å². The highest BCUT2D eigenvalue weighted by atomic mass is 16.2. The number of hydrogen-bond donors (Lipinski definition) is 2. The molecule has 0 spiro atoms. The molecule has 7 heteroatoms. The largest absolute Gasteiger partial charge is 0.354 e. The number of carbonyl (C=O) groups is 2. The van der Waals surface area contributed by atoms with Crippen molar-refractivity contribution in [2.75, 3.05) is 26.2 Å². The third-order valence-electron chi connectivity index (χ3n) is 6.36. The molecule has 0 aromatic carbocycles. The second-order valence-electron chi connectivity index (χ2n) is 8.56. The molecule has 2 aliphatic heterocycles. The Kier molecular flexibility index (Phi) is 6.75. The van der Waals surface area contributed by atoms with E-state index in [1.165, 1.54) is 5.56 Å². The lowest BCUT2D eigenvalue weighted by Crippen LogP contribution is -2.47. The fourth-order valence-electron chi connectivity index (χ4n) is 4.53. The van der Waals surface area contributed by atoms with Gasteiger partial charge in [0.1, 0.15) is 0 Å². The number of piperidine rings is 1. The number of nitrogens with one attached hydrogen (secondary N) is 2. The molecule has 2 amide bonds. The van der Waals surface area contributed by atoms with Gasteiger partial charge in [0.25, 0.3) is 0 Å². The molecule has 1 aromatic heterocycles. The molecule has 1 aromatic rings. The van der Waals surface area contributed by atoms with Crippen LogP contribution in [-0.4, -0.2) is 58.7 Å². The molecule has 2 N–H and O–H groups in total. The third-order valence-corrected chi connectivity index (χ3v) is 6.36. The lowest BCUT2D eigenvalue weighted by molar-refractivity contribution is -0.136. The third kappa shape index (κ3) is 4.74. The Hall–Kier alpha value is -1.89. The molecule has 3 atom stereocenters. The number of carbonyl (C=O) groups excluding carboxylic acids is 2. The van der Waals surface area contributed by atoms with Gasteiger partial charge in [0, 0.05) is 38.3 Å². The van der Waals surface area contributed by atoms with Crippen molar-refractivity contribution < 1.29 is 9.59 Å². The average molecular weight is 390 g/mol. The molecule has 3 rings (SSSR count).